The molecule has 1 rings (SSSR count). The summed E-state index contributed by atoms with van der Waals surface area (Å²) in [6.45, 7) is 3.22. The number of unbranched alkanes of at least 4 members (excludes halogenated alkanes) is 5. The first-order valence-corrected chi connectivity index (χ1v) is 7.53. The number of rotatable bonds is 8. The highest BCUT2D eigenvalue weighted by molar-refractivity contribution is 4.83. The average molecular weight is 225 g/mol. The van der Waals surface area contributed by atoms with Crippen molar-refractivity contribution in [1.82, 2.24) is 0 Å². The summed E-state index contributed by atoms with van der Waals surface area (Å²) in [5, 5.41) is 0. The van der Waals surface area contributed by atoms with Crippen LogP contribution in [0.4, 0.5) is 0 Å². The van der Waals surface area contributed by atoms with Crippen LogP contribution in [-0.2, 0) is 0 Å². The van der Waals surface area contributed by atoms with Crippen molar-refractivity contribution in [1.29, 1.82) is 0 Å². The highest BCUT2D eigenvalue weighted by Gasteiger charge is 2.29. The van der Waals surface area contributed by atoms with Gasteiger partial charge in [0, 0.05) is 0 Å². The molecular formula is C15H31N. The summed E-state index contributed by atoms with van der Waals surface area (Å²) in [5.41, 5.74) is 6.55. The molecule has 0 atom stereocenters. The maximum Gasteiger partial charge on any atom is -0.00205 e. The summed E-state index contributed by atoms with van der Waals surface area (Å²) in [4.78, 5) is 0. The van der Waals surface area contributed by atoms with E-state index in [1.54, 1.807) is 0 Å². The molecule has 1 aliphatic carbocycles. The fourth-order valence-corrected chi connectivity index (χ4v) is 3.14. The van der Waals surface area contributed by atoms with Gasteiger partial charge < -0.3 is 5.73 Å². The molecule has 0 aromatic rings. The quantitative estimate of drug-likeness (QED) is 0.598. The molecule has 1 fully saturated rings. The van der Waals surface area contributed by atoms with E-state index in [4.69, 9.17) is 5.73 Å². The standard InChI is InChI=1S/C15H31N/c1-2-3-4-5-6-8-11-15(14-16)12-9-7-10-13-15/h2-14,16H2,1H3. The lowest BCUT2D eigenvalue weighted by molar-refractivity contribution is 0.176. The first-order valence-electron chi connectivity index (χ1n) is 7.53. The van der Waals surface area contributed by atoms with Gasteiger partial charge in [-0.1, -0.05) is 64.7 Å². The minimum absolute atomic E-state index is 0.545. The number of hydrogen-bond donors (Lipinski definition) is 1. The van der Waals surface area contributed by atoms with E-state index < -0.39 is 0 Å². The van der Waals surface area contributed by atoms with Gasteiger partial charge in [0.15, 0.2) is 0 Å². The largest absolute Gasteiger partial charge is 0.330 e. The van der Waals surface area contributed by atoms with Crippen LogP contribution in [0.25, 0.3) is 0 Å². The van der Waals surface area contributed by atoms with Gasteiger partial charge in [0.25, 0.3) is 0 Å². The van der Waals surface area contributed by atoms with Crippen molar-refractivity contribution in [3.8, 4) is 0 Å². The molecule has 96 valence electrons. The Labute approximate surface area is 102 Å². The van der Waals surface area contributed by atoms with E-state index >= 15 is 0 Å². The van der Waals surface area contributed by atoms with Crippen molar-refractivity contribution < 1.29 is 0 Å². The lowest BCUT2D eigenvalue weighted by Gasteiger charge is -2.36. The summed E-state index contributed by atoms with van der Waals surface area (Å²) in [7, 11) is 0. The summed E-state index contributed by atoms with van der Waals surface area (Å²) in [6, 6.07) is 0. The van der Waals surface area contributed by atoms with E-state index in [0.29, 0.717) is 5.41 Å². The van der Waals surface area contributed by atoms with E-state index in [9.17, 15) is 0 Å². The Kier molecular flexibility index (Phi) is 7.11. The van der Waals surface area contributed by atoms with Gasteiger partial charge in [-0.3, -0.25) is 0 Å². The van der Waals surface area contributed by atoms with Crippen molar-refractivity contribution in [3.05, 3.63) is 0 Å². The van der Waals surface area contributed by atoms with Crippen LogP contribution in [0, 0.1) is 5.41 Å². The second kappa shape index (κ2) is 8.11. The molecule has 1 heteroatoms. The van der Waals surface area contributed by atoms with Crippen LogP contribution >= 0.6 is 0 Å². The highest BCUT2D eigenvalue weighted by Crippen LogP contribution is 2.39. The molecule has 0 radical (unpaired) electrons. The van der Waals surface area contributed by atoms with Crippen LogP contribution in [0.2, 0.25) is 0 Å². The van der Waals surface area contributed by atoms with Gasteiger partial charge >= 0.3 is 0 Å². The maximum atomic E-state index is 6.00. The van der Waals surface area contributed by atoms with E-state index in [0.717, 1.165) is 6.54 Å². The molecule has 1 nitrogen and oxygen atoms in total. The molecule has 2 N–H and O–H groups in total. The normalized spacial score (nSPS) is 19.9. The number of hydrogen-bond acceptors (Lipinski definition) is 1. The zero-order valence-corrected chi connectivity index (χ0v) is 11.3. The first kappa shape index (κ1) is 14.0. The molecule has 0 amide bonds. The van der Waals surface area contributed by atoms with Gasteiger partial charge in [-0.25, -0.2) is 0 Å². The molecule has 0 heterocycles. The van der Waals surface area contributed by atoms with Crippen LogP contribution < -0.4 is 5.73 Å². The predicted octanol–water partition coefficient (Wildman–Crippen LogP) is 4.65. The lowest BCUT2D eigenvalue weighted by atomic mass is 9.71. The molecule has 0 saturated heterocycles. The monoisotopic (exact) mass is 225 g/mol. The molecule has 0 bridgehead atoms. The van der Waals surface area contributed by atoms with Crippen LogP contribution in [0.15, 0.2) is 0 Å². The Morgan fingerprint density at radius 1 is 0.875 bits per heavy atom. The van der Waals surface area contributed by atoms with Gasteiger partial charge in [-0.15, -0.1) is 0 Å². The minimum atomic E-state index is 0.545. The summed E-state index contributed by atoms with van der Waals surface area (Å²) in [5.74, 6) is 0. The number of nitrogens with two attached hydrogens (primary N) is 1. The third kappa shape index (κ3) is 4.86. The zero-order valence-electron chi connectivity index (χ0n) is 11.3. The Morgan fingerprint density at radius 3 is 2.12 bits per heavy atom. The Bertz CT molecular complexity index is 159. The Hall–Kier alpha value is -0.0400. The molecule has 0 aliphatic heterocycles. The van der Waals surface area contributed by atoms with E-state index in [1.165, 1.54) is 77.0 Å². The van der Waals surface area contributed by atoms with Gasteiger partial charge in [0.05, 0.1) is 0 Å². The molecule has 16 heavy (non-hydrogen) atoms. The maximum absolute atomic E-state index is 6.00. The van der Waals surface area contributed by atoms with Crippen LogP contribution in [0.3, 0.4) is 0 Å². The van der Waals surface area contributed by atoms with E-state index in [2.05, 4.69) is 6.92 Å². The fraction of sp³-hybridized carbons (Fsp3) is 1.00. The molecule has 1 saturated carbocycles. The SMILES string of the molecule is CCCCCCCCC1(CN)CCCCC1. The fourth-order valence-electron chi connectivity index (χ4n) is 3.14. The molecule has 0 spiro atoms. The van der Waals surface area contributed by atoms with E-state index in [-0.39, 0.29) is 0 Å². The van der Waals surface area contributed by atoms with Gasteiger partial charge in [0.1, 0.15) is 0 Å². The van der Waals surface area contributed by atoms with Crippen molar-refractivity contribution in [2.75, 3.05) is 6.54 Å². The molecule has 1 aliphatic rings. The first-order chi connectivity index (χ1) is 7.83. The molecular weight excluding hydrogens is 194 g/mol. The van der Waals surface area contributed by atoms with Crippen LogP contribution in [-0.4, -0.2) is 6.54 Å². The third-order valence-electron chi connectivity index (χ3n) is 4.41. The Morgan fingerprint density at radius 2 is 1.50 bits per heavy atom. The molecule has 0 unspecified atom stereocenters. The van der Waals surface area contributed by atoms with Crippen molar-refractivity contribution in [2.45, 2.75) is 84.0 Å². The van der Waals surface area contributed by atoms with Gasteiger partial charge in [-0.2, -0.15) is 0 Å². The van der Waals surface area contributed by atoms with Gasteiger partial charge in [0.2, 0.25) is 0 Å². The summed E-state index contributed by atoms with van der Waals surface area (Å²) >= 11 is 0. The van der Waals surface area contributed by atoms with Gasteiger partial charge in [-0.05, 0) is 31.2 Å². The van der Waals surface area contributed by atoms with Crippen LogP contribution in [0.1, 0.15) is 84.0 Å². The van der Waals surface area contributed by atoms with Crippen molar-refractivity contribution in [3.63, 3.8) is 0 Å². The third-order valence-corrected chi connectivity index (χ3v) is 4.41. The molecule has 0 aromatic heterocycles. The zero-order chi connectivity index (χ0) is 11.7. The second-order valence-corrected chi connectivity index (χ2v) is 5.78. The predicted molar refractivity (Wildman–Crippen MR) is 72.6 cm³/mol. The summed E-state index contributed by atoms with van der Waals surface area (Å²) < 4.78 is 0. The lowest BCUT2D eigenvalue weighted by Crippen LogP contribution is -2.32. The summed E-state index contributed by atoms with van der Waals surface area (Å²) in [6.07, 6.45) is 17.0. The average Bonchev–Trinajstić information content (AvgIpc) is 2.35. The van der Waals surface area contributed by atoms with Crippen molar-refractivity contribution >= 4 is 0 Å². The van der Waals surface area contributed by atoms with Crippen molar-refractivity contribution in [2.24, 2.45) is 11.1 Å². The van der Waals surface area contributed by atoms with E-state index in [1.807, 2.05) is 0 Å². The Balaban J connectivity index is 2.08. The minimum Gasteiger partial charge on any atom is -0.330 e. The topological polar surface area (TPSA) is 26.0 Å². The second-order valence-electron chi connectivity index (χ2n) is 5.78. The smallest absolute Gasteiger partial charge is 0.00205 e. The highest BCUT2D eigenvalue weighted by atomic mass is 14.6. The molecule has 0 aromatic carbocycles. The van der Waals surface area contributed by atoms with Crippen LogP contribution in [0.5, 0.6) is 0 Å².